The number of morpholine rings is 1. The molecule has 0 spiro atoms. The molecule has 0 aliphatic carbocycles. The van der Waals surface area contributed by atoms with Crippen molar-refractivity contribution in [3.63, 3.8) is 0 Å². The second-order valence-corrected chi connectivity index (χ2v) is 7.27. The maximum Gasteiger partial charge on any atom is 0.247 e. The van der Waals surface area contributed by atoms with Gasteiger partial charge >= 0.3 is 0 Å². The Labute approximate surface area is 146 Å². The quantitative estimate of drug-likeness (QED) is 0.765. The van der Waals surface area contributed by atoms with Gasteiger partial charge in [0.1, 0.15) is 6.54 Å². The summed E-state index contributed by atoms with van der Waals surface area (Å²) in [7, 11) is 0. The Morgan fingerprint density at radius 1 is 1.25 bits per heavy atom. The molecule has 2 fully saturated rings. The molecule has 0 aromatic carbocycles. The topological polar surface area (TPSA) is 53.1 Å². The van der Waals surface area contributed by atoms with Gasteiger partial charge in [0.05, 0.1) is 18.2 Å². The van der Waals surface area contributed by atoms with Gasteiger partial charge in [0.15, 0.2) is 0 Å². The van der Waals surface area contributed by atoms with Crippen LogP contribution in [0.5, 0.6) is 0 Å². The van der Waals surface area contributed by atoms with Gasteiger partial charge in [-0.1, -0.05) is 6.08 Å². The first-order valence-electron chi connectivity index (χ1n) is 8.26. The van der Waals surface area contributed by atoms with Gasteiger partial charge in [0.2, 0.25) is 11.8 Å². The molecular formula is C17H23N3O3S. The minimum absolute atomic E-state index is 0.0157. The average molecular weight is 349 g/mol. The molecule has 2 saturated heterocycles. The predicted molar refractivity (Wildman–Crippen MR) is 94.4 cm³/mol. The number of carbonyl (C=O) groups is 2. The molecule has 0 atom stereocenters. The summed E-state index contributed by atoms with van der Waals surface area (Å²) in [6.07, 6.45) is 3.47. The van der Waals surface area contributed by atoms with E-state index < -0.39 is 0 Å². The fourth-order valence-corrected chi connectivity index (χ4v) is 3.76. The molecule has 0 radical (unpaired) electrons. The third kappa shape index (κ3) is 4.23. The number of anilines is 1. The van der Waals surface area contributed by atoms with E-state index >= 15 is 0 Å². The van der Waals surface area contributed by atoms with Gasteiger partial charge in [-0.15, -0.1) is 11.3 Å². The molecule has 3 heterocycles. The van der Waals surface area contributed by atoms with Crippen molar-refractivity contribution < 1.29 is 14.3 Å². The highest BCUT2D eigenvalue weighted by molar-refractivity contribution is 7.16. The SMILES string of the molecule is Cc1ccc(N2CCN(C(=O)/C=C/CN3CCOCC3)CC2=O)s1. The molecule has 130 valence electrons. The Morgan fingerprint density at radius 3 is 2.71 bits per heavy atom. The molecule has 1 aromatic rings. The van der Waals surface area contributed by atoms with E-state index in [9.17, 15) is 9.59 Å². The summed E-state index contributed by atoms with van der Waals surface area (Å²) < 4.78 is 5.30. The minimum atomic E-state index is -0.0846. The van der Waals surface area contributed by atoms with Crippen LogP contribution in [0.4, 0.5) is 5.00 Å². The lowest BCUT2D eigenvalue weighted by Gasteiger charge is -2.33. The van der Waals surface area contributed by atoms with Crippen LogP contribution in [0.1, 0.15) is 4.88 Å². The minimum Gasteiger partial charge on any atom is -0.379 e. The third-order valence-electron chi connectivity index (χ3n) is 4.25. The van der Waals surface area contributed by atoms with Crippen LogP contribution in [-0.2, 0) is 14.3 Å². The molecule has 2 aliphatic rings. The Balaban J connectivity index is 1.49. The summed E-state index contributed by atoms with van der Waals surface area (Å²) in [5, 5.41) is 0.965. The van der Waals surface area contributed by atoms with Crippen LogP contribution in [-0.4, -0.2) is 74.1 Å². The summed E-state index contributed by atoms with van der Waals surface area (Å²) in [5.41, 5.74) is 0. The van der Waals surface area contributed by atoms with E-state index in [1.807, 2.05) is 25.1 Å². The average Bonchev–Trinajstić information content (AvgIpc) is 3.02. The smallest absolute Gasteiger partial charge is 0.247 e. The highest BCUT2D eigenvalue weighted by Crippen LogP contribution is 2.26. The summed E-state index contributed by atoms with van der Waals surface area (Å²) in [6.45, 7) is 7.35. The lowest BCUT2D eigenvalue weighted by molar-refractivity contribution is -0.133. The fourth-order valence-electron chi connectivity index (χ4n) is 2.85. The van der Waals surface area contributed by atoms with E-state index in [0.717, 1.165) is 37.8 Å². The van der Waals surface area contributed by atoms with E-state index in [0.29, 0.717) is 13.1 Å². The number of hydrogen-bond donors (Lipinski definition) is 0. The standard InChI is InChI=1S/C17H23N3O3S/c1-14-4-5-17(24-14)20-8-7-19(13-16(20)22)15(21)3-2-6-18-9-11-23-12-10-18/h2-5H,6-13H2,1H3/b3-2+. The predicted octanol–water partition coefficient (Wildman–Crippen LogP) is 1.12. The van der Waals surface area contributed by atoms with Crippen molar-refractivity contribution in [2.75, 3.05) is 57.4 Å². The van der Waals surface area contributed by atoms with Crippen LogP contribution < -0.4 is 4.90 Å². The van der Waals surface area contributed by atoms with Crippen LogP contribution in [0.25, 0.3) is 0 Å². The van der Waals surface area contributed by atoms with Crippen LogP contribution in [0.3, 0.4) is 0 Å². The number of amides is 2. The van der Waals surface area contributed by atoms with Gasteiger partial charge in [-0.3, -0.25) is 14.5 Å². The van der Waals surface area contributed by atoms with Crippen LogP contribution in [0.15, 0.2) is 24.3 Å². The van der Waals surface area contributed by atoms with Gasteiger partial charge in [-0.25, -0.2) is 0 Å². The molecular weight excluding hydrogens is 326 g/mol. The second-order valence-electron chi connectivity index (χ2n) is 6.00. The van der Waals surface area contributed by atoms with E-state index in [-0.39, 0.29) is 18.4 Å². The Bertz CT molecular complexity index is 622. The molecule has 0 N–H and O–H groups in total. The molecule has 2 aliphatic heterocycles. The number of thiophene rings is 1. The lowest BCUT2D eigenvalue weighted by atomic mass is 10.3. The summed E-state index contributed by atoms with van der Waals surface area (Å²) >= 11 is 1.61. The number of hydrogen-bond acceptors (Lipinski definition) is 5. The molecule has 24 heavy (non-hydrogen) atoms. The monoisotopic (exact) mass is 349 g/mol. The lowest BCUT2D eigenvalue weighted by Crippen LogP contribution is -2.51. The number of nitrogens with zero attached hydrogens (tertiary/aromatic N) is 3. The first kappa shape index (κ1) is 17.1. The largest absolute Gasteiger partial charge is 0.379 e. The molecule has 0 bridgehead atoms. The van der Waals surface area contributed by atoms with E-state index in [1.165, 1.54) is 4.88 Å². The van der Waals surface area contributed by atoms with Crippen LogP contribution in [0, 0.1) is 6.92 Å². The van der Waals surface area contributed by atoms with Crippen molar-refractivity contribution in [2.45, 2.75) is 6.92 Å². The molecule has 2 amide bonds. The summed E-state index contributed by atoms with van der Waals surface area (Å²) in [5.74, 6) is -0.100. The molecule has 3 rings (SSSR count). The van der Waals surface area contributed by atoms with E-state index in [4.69, 9.17) is 4.74 Å². The summed E-state index contributed by atoms with van der Waals surface area (Å²) in [4.78, 5) is 31.4. The first-order chi connectivity index (χ1) is 11.6. The second kappa shape index (κ2) is 7.92. The summed E-state index contributed by atoms with van der Waals surface area (Å²) in [6, 6.07) is 3.98. The zero-order valence-corrected chi connectivity index (χ0v) is 14.8. The number of carbonyl (C=O) groups excluding carboxylic acids is 2. The number of aryl methyl sites for hydroxylation is 1. The van der Waals surface area contributed by atoms with Crippen molar-refractivity contribution >= 4 is 28.2 Å². The molecule has 1 aromatic heterocycles. The van der Waals surface area contributed by atoms with E-state index in [2.05, 4.69) is 4.90 Å². The van der Waals surface area contributed by atoms with Crippen LogP contribution in [0.2, 0.25) is 0 Å². The first-order valence-corrected chi connectivity index (χ1v) is 9.07. The maximum absolute atomic E-state index is 12.3. The van der Waals surface area contributed by atoms with Gasteiger partial charge in [0, 0.05) is 43.7 Å². The van der Waals surface area contributed by atoms with Gasteiger partial charge in [-0.05, 0) is 19.1 Å². The van der Waals surface area contributed by atoms with Crippen molar-refractivity contribution in [3.05, 3.63) is 29.2 Å². The molecule has 0 unspecified atom stereocenters. The van der Waals surface area contributed by atoms with Gasteiger partial charge in [0.25, 0.3) is 0 Å². The van der Waals surface area contributed by atoms with Crippen molar-refractivity contribution in [3.8, 4) is 0 Å². The highest BCUT2D eigenvalue weighted by Gasteiger charge is 2.27. The van der Waals surface area contributed by atoms with Gasteiger partial charge < -0.3 is 14.5 Å². The highest BCUT2D eigenvalue weighted by atomic mass is 32.1. The number of piperazine rings is 1. The normalized spacial score (nSPS) is 20.1. The van der Waals surface area contributed by atoms with Crippen molar-refractivity contribution in [1.29, 1.82) is 0 Å². The number of rotatable bonds is 4. The number of ether oxygens (including phenoxy) is 1. The molecule has 6 nitrogen and oxygen atoms in total. The third-order valence-corrected chi connectivity index (χ3v) is 5.28. The fraction of sp³-hybridized carbons (Fsp3) is 0.529. The maximum atomic E-state index is 12.3. The Hall–Kier alpha value is -1.70. The van der Waals surface area contributed by atoms with Crippen molar-refractivity contribution in [1.82, 2.24) is 9.80 Å². The molecule has 0 saturated carbocycles. The zero-order chi connectivity index (χ0) is 16.9. The van der Waals surface area contributed by atoms with Crippen molar-refractivity contribution in [2.24, 2.45) is 0 Å². The Kier molecular flexibility index (Phi) is 5.65. The van der Waals surface area contributed by atoms with E-state index in [1.54, 1.807) is 27.2 Å². The molecule has 7 heteroatoms. The van der Waals surface area contributed by atoms with Crippen LogP contribution >= 0.6 is 11.3 Å². The Morgan fingerprint density at radius 2 is 2.04 bits per heavy atom. The van der Waals surface area contributed by atoms with Gasteiger partial charge in [-0.2, -0.15) is 0 Å². The zero-order valence-electron chi connectivity index (χ0n) is 13.9.